The molecule has 0 aromatic carbocycles. The van der Waals surface area contributed by atoms with Gasteiger partial charge in [0, 0.05) is 12.7 Å². The molecule has 1 heterocycles. The van der Waals surface area contributed by atoms with Gasteiger partial charge in [0.1, 0.15) is 5.82 Å². The third kappa shape index (κ3) is 3.38. The molecular weight excluding hydrogens is 188 g/mol. The Kier molecular flexibility index (Phi) is 3.50. The molecule has 0 radical (unpaired) electrons. The maximum Gasteiger partial charge on any atom is 0.221 e. The highest BCUT2D eigenvalue weighted by Crippen LogP contribution is 2.25. The van der Waals surface area contributed by atoms with Gasteiger partial charge in [0.25, 0.3) is 0 Å². The van der Waals surface area contributed by atoms with Gasteiger partial charge in [-0.25, -0.2) is 4.98 Å². The van der Waals surface area contributed by atoms with E-state index in [1.54, 1.807) is 6.20 Å². The summed E-state index contributed by atoms with van der Waals surface area (Å²) in [6.07, 6.45) is 1.66. The molecule has 0 amide bonds. The average Bonchev–Trinajstić information content (AvgIpc) is 2.15. The van der Waals surface area contributed by atoms with E-state index in [-0.39, 0.29) is 5.41 Å². The van der Waals surface area contributed by atoms with Crippen LogP contribution in [0.5, 0.6) is 0 Å². The second-order valence-electron chi connectivity index (χ2n) is 4.80. The molecule has 0 unspecified atom stereocenters. The van der Waals surface area contributed by atoms with Crippen molar-refractivity contribution in [3.05, 3.63) is 12.3 Å². The van der Waals surface area contributed by atoms with E-state index >= 15 is 0 Å². The summed E-state index contributed by atoms with van der Waals surface area (Å²) in [6.45, 7) is 9.78. The molecule has 0 atom stereocenters. The minimum Gasteiger partial charge on any atom is -0.369 e. The number of rotatable bonds is 4. The van der Waals surface area contributed by atoms with Gasteiger partial charge in [0.15, 0.2) is 0 Å². The minimum absolute atomic E-state index is 0.236. The van der Waals surface area contributed by atoms with Crippen LogP contribution < -0.4 is 11.1 Å². The Morgan fingerprint density at radius 3 is 2.67 bits per heavy atom. The number of nitrogens with one attached hydrogen (secondary N) is 1. The fourth-order valence-corrected chi connectivity index (χ4v) is 0.995. The number of anilines is 2. The maximum atomic E-state index is 5.50. The lowest BCUT2D eigenvalue weighted by atomic mass is 9.81. The monoisotopic (exact) mass is 208 g/mol. The highest BCUT2D eigenvalue weighted by molar-refractivity contribution is 5.37. The van der Waals surface area contributed by atoms with Gasteiger partial charge in [0.05, 0.1) is 0 Å². The van der Waals surface area contributed by atoms with Gasteiger partial charge in [-0.15, -0.1) is 0 Å². The molecule has 0 saturated carbocycles. The van der Waals surface area contributed by atoms with E-state index in [0.717, 1.165) is 12.4 Å². The molecular formula is C11H20N4. The topological polar surface area (TPSA) is 63.8 Å². The Morgan fingerprint density at radius 1 is 1.47 bits per heavy atom. The summed E-state index contributed by atoms with van der Waals surface area (Å²) in [5.41, 5.74) is 5.73. The normalized spacial score (nSPS) is 11.8. The van der Waals surface area contributed by atoms with Crippen LogP contribution in [0.25, 0.3) is 0 Å². The molecule has 15 heavy (non-hydrogen) atoms. The smallest absolute Gasteiger partial charge is 0.221 e. The predicted molar refractivity (Wildman–Crippen MR) is 63.6 cm³/mol. The van der Waals surface area contributed by atoms with Crippen LogP contribution in [0.15, 0.2) is 12.3 Å². The number of nitrogens with zero attached hydrogens (tertiary/aromatic N) is 2. The second-order valence-corrected chi connectivity index (χ2v) is 4.80. The van der Waals surface area contributed by atoms with Gasteiger partial charge in [-0.3, -0.25) is 0 Å². The largest absolute Gasteiger partial charge is 0.369 e. The van der Waals surface area contributed by atoms with Gasteiger partial charge in [-0.1, -0.05) is 27.7 Å². The van der Waals surface area contributed by atoms with Crippen molar-refractivity contribution in [3.8, 4) is 0 Å². The summed E-state index contributed by atoms with van der Waals surface area (Å²) in [4.78, 5) is 7.94. The number of nitrogen functional groups attached to an aromatic ring is 1. The highest BCUT2D eigenvalue weighted by Gasteiger charge is 2.21. The van der Waals surface area contributed by atoms with Crippen LogP contribution >= 0.6 is 0 Å². The van der Waals surface area contributed by atoms with Crippen LogP contribution in [0.3, 0.4) is 0 Å². The Labute approximate surface area is 91.3 Å². The van der Waals surface area contributed by atoms with Crippen molar-refractivity contribution in [2.24, 2.45) is 11.3 Å². The number of nitrogens with two attached hydrogens (primary N) is 1. The van der Waals surface area contributed by atoms with E-state index in [9.17, 15) is 0 Å². The molecule has 4 heteroatoms. The number of aromatic nitrogens is 2. The molecule has 0 aliphatic rings. The molecule has 0 aliphatic heterocycles. The molecule has 4 nitrogen and oxygen atoms in total. The molecule has 0 saturated heterocycles. The first kappa shape index (κ1) is 11.8. The van der Waals surface area contributed by atoms with Crippen LogP contribution in [-0.4, -0.2) is 16.5 Å². The van der Waals surface area contributed by atoms with Crippen molar-refractivity contribution in [2.75, 3.05) is 17.6 Å². The minimum atomic E-state index is 0.236. The third-order valence-electron chi connectivity index (χ3n) is 2.96. The third-order valence-corrected chi connectivity index (χ3v) is 2.96. The first-order valence-electron chi connectivity index (χ1n) is 5.24. The van der Waals surface area contributed by atoms with Gasteiger partial charge in [0.2, 0.25) is 5.95 Å². The Balaban J connectivity index is 2.57. The van der Waals surface area contributed by atoms with Gasteiger partial charge in [-0.05, 0) is 17.4 Å². The molecule has 1 rings (SSSR count). The fourth-order valence-electron chi connectivity index (χ4n) is 0.995. The van der Waals surface area contributed by atoms with E-state index in [4.69, 9.17) is 5.73 Å². The maximum absolute atomic E-state index is 5.50. The summed E-state index contributed by atoms with van der Waals surface area (Å²) in [6, 6.07) is 1.83. The molecule has 84 valence electrons. The Hall–Kier alpha value is -1.32. The number of hydrogen-bond donors (Lipinski definition) is 2. The zero-order chi connectivity index (χ0) is 11.5. The molecule has 0 aliphatic carbocycles. The van der Waals surface area contributed by atoms with Gasteiger partial charge < -0.3 is 11.1 Å². The van der Waals surface area contributed by atoms with E-state index in [1.807, 2.05) is 6.07 Å². The zero-order valence-electron chi connectivity index (χ0n) is 9.91. The van der Waals surface area contributed by atoms with Crippen LogP contribution in [0.1, 0.15) is 27.7 Å². The first-order valence-corrected chi connectivity index (χ1v) is 5.24. The van der Waals surface area contributed by atoms with E-state index in [0.29, 0.717) is 11.9 Å². The van der Waals surface area contributed by atoms with Crippen molar-refractivity contribution in [1.82, 2.24) is 9.97 Å². The molecule has 0 bridgehead atoms. The van der Waals surface area contributed by atoms with Crippen LogP contribution in [0, 0.1) is 11.3 Å². The lowest BCUT2D eigenvalue weighted by molar-refractivity contribution is 0.269. The van der Waals surface area contributed by atoms with Gasteiger partial charge in [-0.2, -0.15) is 4.98 Å². The summed E-state index contributed by atoms with van der Waals surface area (Å²) < 4.78 is 0. The summed E-state index contributed by atoms with van der Waals surface area (Å²) in [7, 11) is 0. The molecule has 1 aromatic heterocycles. The van der Waals surface area contributed by atoms with Crippen LogP contribution in [-0.2, 0) is 0 Å². The number of hydrogen-bond acceptors (Lipinski definition) is 4. The zero-order valence-corrected chi connectivity index (χ0v) is 9.91. The lowest BCUT2D eigenvalue weighted by Gasteiger charge is -2.29. The van der Waals surface area contributed by atoms with E-state index in [1.165, 1.54) is 0 Å². The molecule has 0 fully saturated rings. The van der Waals surface area contributed by atoms with Crippen molar-refractivity contribution in [2.45, 2.75) is 27.7 Å². The van der Waals surface area contributed by atoms with Crippen LogP contribution in [0.4, 0.5) is 11.8 Å². The summed E-state index contributed by atoms with van der Waals surface area (Å²) >= 11 is 0. The highest BCUT2D eigenvalue weighted by atomic mass is 15.1. The SMILES string of the molecule is CC(C)C(C)(C)CNc1ccnc(N)n1. The van der Waals surface area contributed by atoms with Crippen molar-refractivity contribution in [1.29, 1.82) is 0 Å². The standard InChI is InChI=1S/C11H20N4/c1-8(2)11(3,4)7-14-9-5-6-13-10(12)15-9/h5-6,8H,7H2,1-4H3,(H3,12,13,14,15). The van der Waals surface area contributed by atoms with Crippen LogP contribution in [0.2, 0.25) is 0 Å². The Bertz CT molecular complexity index is 320. The van der Waals surface area contributed by atoms with E-state index < -0.39 is 0 Å². The van der Waals surface area contributed by atoms with Crippen molar-refractivity contribution in [3.63, 3.8) is 0 Å². The molecule has 3 N–H and O–H groups in total. The summed E-state index contributed by atoms with van der Waals surface area (Å²) in [5.74, 6) is 1.71. The summed E-state index contributed by atoms with van der Waals surface area (Å²) in [5, 5.41) is 3.28. The predicted octanol–water partition coefficient (Wildman–Crippen LogP) is 2.15. The van der Waals surface area contributed by atoms with Gasteiger partial charge >= 0.3 is 0 Å². The fraction of sp³-hybridized carbons (Fsp3) is 0.636. The van der Waals surface area contributed by atoms with E-state index in [2.05, 4.69) is 43.0 Å². The molecule has 0 spiro atoms. The lowest BCUT2D eigenvalue weighted by Crippen LogP contribution is -2.28. The average molecular weight is 208 g/mol. The van der Waals surface area contributed by atoms with Crippen molar-refractivity contribution >= 4 is 11.8 Å². The Morgan fingerprint density at radius 2 is 2.13 bits per heavy atom. The quantitative estimate of drug-likeness (QED) is 0.795. The molecule has 1 aromatic rings. The second kappa shape index (κ2) is 4.47. The van der Waals surface area contributed by atoms with Crippen molar-refractivity contribution < 1.29 is 0 Å². The first-order chi connectivity index (χ1) is 6.92.